The van der Waals surface area contributed by atoms with Crippen molar-refractivity contribution in [2.24, 2.45) is 0 Å². The van der Waals surface area contributed by atoms with Gasteiger partial charge in [0.15, 0.2) is 5.82 Å². The normalized spacial score (nSPS) is 14.6. The van der Waals surface area contributed by atoms with Crippen LogP contribution in [-0.2, 0) is 0 Å². The maximum atomic E-state index is 9.19. The van der Waals surface area contributed by atoms with E-state index in [4.69, 9.17) is 0 Å². The molecule has 5 nitrogen and oxygen atoms in total. The number of nitriles is 1. The Morgan fingerprint density at radius 3 is 2.42 bits per heavy atom. The molecule has 1 fully saturated rings. The van der Waals surface area contributed by atoms with Gasteiger partial charge in [0.05, 0.1) is 5.69 Å². The van der Waals surface area contributed by atoms with E-state index in [0.29, 0.717) is 11.5 Å². The highest BCUT2D eigenvalue weighted by Gasteiger charge is 2.21. The molecule has 1 aliphatic rings. The van der Waals surface area contributed by atoms with Crippen molar-refractivity contribution in [2.75, 3.05) is 18.0 Å². The monoisotopic (exact) mass is 253 g/mol. The van der Waals surface area contributed by atoms with Crippen LogP contribution in [0.5, 0.6) is 0 Å². The van der Waals surface area contributed by atoms with Gasteiger partial charge in [-0.3, -0.25) is 0 Å². The Labute approximate surface area is 112 Å². The molecule has 2 heterocycles. The molecule has 0 atom stereocenters. The third kappa shape index (κ3) is 2.17. The molecule has 0 radical (unpaired) electrons. The summed E-state index contributed by atoms with van der Waals surface area (Å²) in [5.74, 6) is 0.709. The van der Waals surface area contributed by atoms with Crippen LogP contribution in [0.1, 0.15) is 24.1 Å². The van der Waals surface area contributed by atoms with Crippen LogP contribution in [0.15, 0.2) is 24.3 Å². The molecule has 19 heavy (non-hydrogen) atoms. The third-order valence-corrected chi connectivity index (χ3v) is 3.37. The second kappa shape index (κ2) is 4.73. The fraction of sp³-hybridized carbons (Fsp3) is 0.357. The van der Waals surface area contributed by atoms with E-state index in [1.165, 1.54) is 5.56 Å². The highest BCUT2D eigenvalue weighted by molar-refractivity contribution is 5.50. The largest absolute Gasteiger partial charge is 0.353 e. The van der Waals surface area contributed by atoms with Crippen LogP contribution in [0.3, 0.4) is 0 Å². The number of aryl methyl sites for hydroxylation is 1. The zero-order chi connectivity index (χ0) is 13.2. The summed E-state index contributed by atoms with van der Waals surface area (Å²) in [5.41, 5.74) is 2.48. The molecule has 1 aromatic heterocycles. The highest BCUT2D eigenvalue weighted by atomic mass is 15.5. The minimum atomic E-state index is 0.405. The van der Waals surface area contributed by atoms with Crippen LogP contribution >= 0.6 is 0 Å². The van der Waals surface area contributed by atoms with Crippen molar-refractivity contribution in [1.29, 1.82) is 5.26 Å². The number of benzene rings is 1. The smallest absolute Gasteiger partial charge is 0.207 e. The number of hydrogen-bond donors (Lipinski definition) is 0. The Morgan fingerprint density at radius 2 is 1.79 bits per heavy atom. The van der Waals surface area contributed by atoms with E-state index in [2.05, 4.69) is 21.2 Å². The maximum absolute atomic E-state index is 9.19. The molecule has 0 saturated carbocycles. The van der Waals surface area contributed by atoms with E-state index in [-0.39, 0.29) is 0 Å². The van der Waals surface area contributed by atoms with Crippen molar-refractivity contribution in [2.45, 2.75) is 19.8 Å². The van der Waals surface area contributed by atoms with Crippen molar-refractivity contribution in [3.8, 4) is 11.8 Å². The average Bonchev–Trinajstić information content (AvgIpc) is 3.08. The van der Waals surface area contributed by atoms with Gasteiger partial charge in [0, 0.05) is 13.1 Å². The predicted octanol–water partition coefficient (Wildman–Crippen LogP) is 2.05. The van der Waals surface area contributed by atoms with Crippen molar-refractivity contribution in [3.05, 3.63) is 35.5 Å². The highest BCUT2D eigenvalue weighted by Crippen LogP contribution is 2.21. The van der Waals surface area contributed by atoms with Gasteiger partial charge in [-0.15, -0.1) is 15.0 Å². The van der Waals surface area contributed by atoms with Crippen LogP contribution in [0, 0.1) is 18.3 Å². The molecule has 2 aromatic rings. The van der Waals surface area contributed by atoms with Gasteiger partial charge in [-0.1, -0.05) is 17.7 Å². The minimum Gasteiger partial charge on any atom is -0.353 e. The van der Waals surface area contributed by atoms with Gasteiger partial charge in [-0.25, -0.2) is 0 Å². The van der Waals surface area contributed by atoms with Gasteiger partial charge >= 0.3 is 0 Å². The van der Waals surface area contributed by atoms with E-state index in [1.807, 2.05) is 31.2 Å². The summed E-state index contributed by atoms with van der Waals surface area (Å²) in [7, 11) is 0. The molecule has 5 heteroatoms. The average molecular weight is 253 g/mol. The van der Waals surface area contributed by atoms with Gasteiger partial charge in [0.1, 0.15) is 6.07 Å². The van der Waals surface area contributed by atoms with E-state index in [0.717, 1.165) is 31.6 Å². The standard InChI is InChI=1S/C14H15N5/c1-11-4-6-12(7-5-11)19-16-13(10-15)14(17-19)18-8-2-3-9-18/h4-7H,2-3,8-9H2,1H3. The maximum Gasteiger partial charge on any atom is 0.207 e. The van der Waals surface area contributed by atoms with Crippen molar-refractivity contribution in [3.63, 3.8) is 0 Å². The fourth-order valence-corrected chi connectivity index (χ4v) is 2.31. The molecule has 0 amide bonds. The van der Waals surface area contributed by atoms with Crippen LogP contribution in [0.2, 0.25) is 0 Å². The molecule has 0 N–H and O–H groups in total. The molecule has 1 aromatic carbocycles. The molecule has 1 aliphatic heterocycles. The SMILES string of the molecule is Cc1ccc(-n2nc(C#N)c(N3CCCC3)n2)cc1. The first-order chi connectivity index (χ1) is 9.28. The van der Waals surface area contributed by atoms with Gasteiger partial charge in [-0.2, -0.15) is 5.26 Å². The minimum absolute atomic E-state index is 0.405. The molecule has 0 bridgehead atoms. The number of aromatic nitrogens is 3. The molecular formula is C14H15N5. The summed E-state index contributed by atoms with van der Waals surface area (Å²) in [4.78, 5) is 3.68. The number of hydrogen-bond acceptors (Lipinski definition) is 4. The Hall–Kier alpha value is -2.35. The number of rotatable bonds is 2. The summed E-state index contributed by atoms with van der Waals surface area (Å²) in [6.45, 7) is 3.96. The van der Waals surface area contributed by atoms with E-state index in [9.17, 15) is 5.26 Å². The Morgan fingerprint density at radius 1 is 1.11 bits per heavy atom. The van der Waals surface area contributed by atoms with Crippen LogP contribution < -0.4 is 4.90 Å². The first-order valence-electron chi connectivity index (χ1n) is 6.47. The molecular weight excluding hydrogens is 238 g/mol. The van der Waals surface area contributed by atoms with E-state index < -0.39 is 0 Å². The molecule has 0 unspecified atom stereocenters. The summed E-state index contributed by atoms with van der Waals surface area (Å²) < 4.78 is 0. The Bertz CT molecular complexity index is 614. The second-order valence-corrected chi connectivity index (χ2v) is 4.80. The summed E-state index contributed by atoms with van der Waals surface area (Å²) in [6, 6.07) is 10.1. The van der Waals surface area contributed by atoms with Crippen LogP contribution in [-0.4, -0.2) is 28.1 Å². The quantitative estimate of drug-likeness (QED) is 0.822. The molecule has 0 aliphatic carbocycles. The zero-order valence-corrected chi connectivity index (χ0v) is 10.9. The van der Waals surface area contributed by atoms with E-state index in [1.54, 1.807) is 4.80 Å². The van der Waals surface area contributed by atoms with Crippen LogP contribution in [0.25, 0.3) is 5.69 Å². The second-order valence-electron chi connectivity index (χ2n) is 4.80. The van der Waals surface area contributed by atoms with Gasteiger partial charge in [-0.05, 0) is 31.9 Å². The van der Waals surface area contributed by atoms with Crippen LogP contribution in [0.4, 0.5) is 5.82 Å². The van der Waals surface area contributed by atoms with Gasteiger partial charge in [0.2, 0.25) is 5.69 Å². The molecule has 3 rings (SSSR count). The fourth-order valence-electron chi connectivity index (χ4n) is 2.31. The topological polar surface area (TPSA) is 57.7 Å². The lowest BCUT2D eigenvalue weighted by atomic mass is 10.2. The number of nitrogens with zero attached hydrogens (tertiary/aromatic N) is 5. The number of anilines is 1. The summed E-state index contributed by atoms with van der Waals surface area (Å²) >= 11 is 0. The Balaban J connectivity index is 1.99. The lowest BCUT2D eigenvalue weighted by molar-refractivity contribution is 0.743. The zero-order valence-electron chi connectivity index (χ0n) is 10.9. The summed E-state index contributed by atoms with van der Waals surface area (Å²) in [6.07, 6.45) is 2.31. The lowest BCUT2D eigenvalue weighted by Gasteiger charge is -2.12. The predicted molar refractivity (Wildman–Crippen MR) is 72.3 cm³/mol. The first kappa shape index (κ1) is 11.7. The van der Waals surface area contributed by atoms with Crippen molar-refractivity contribution < 1.29 is 0 Å². The van der Waals surface area contributed by atoms with E-state index >= 15 is 0 Å². The molecule has 0 spiro atoms. The lowest BCUT2D eigenvalue weighted by Crippen LogP contribution is -2.19. The molecule has 1 saturated heterocycles. The first-order valence-corrected chi connectivity index (χ1v) is 6.47. The molecule has 96 valence electrons. The van der Waals surface area contributed by atoms with Crippen molar-refractivity contribution >= 4 is 5.82 Å². The third-order valence-electron chi connectivity index (χ3n) is 3.37. The Kier molecular flexibility index (Phi) is 2.92. The van der Waals surface area contributed by atoms with Crippen molar-refractivity contribution in [1.82, 2.24) is 15.0 Å². The van der Waals surface area contributed by atoms with Gasteiger partial charge in [0.25, 0.3) is 0 Å². The van der Waals surface area contributed by atoms with Gasteiger partial charge < -0.3 is 4.90 Å². The summed E-state index contributed by atoms with van der Waals surface area (Å²) in [5, 5.41) is 17.9.